The number of nitrogens with two attached hydrogens (primary N) is 1. The Morgan fingerprint density at radius 2 is 2.05 bits per heavy atom. The number of anilines is 1. The van der Waals surface area contributed by atoms with Gasteiger partial charge in [-0.3, -0.25) is 4.79 Å². The average Bonchev–Trinajstić information content (AvgIpc) is 3.10. The van der Waals surface area contributed by atoms with Gasteiger partial charge in [-0.15, -0.1) is 11.3 Å². The fourth-order valence-electron chi connectivity index (χ4n) is 2.47. The molecule has 1 fully saturated rings. The fourth-order valence-corrected chi connectivity index (χ4v) is 3.03. The topological polar surface area (TPSA) is 60.9 Å². The Labute approximate surface area is 122 Å². The van der Waals surface area contributed by atoms with Gasteiger partial charge in [0.1, 0.15) is 0 Å². The van der Waals surface area contributed by atoms with Gasteiger partial charge in [0.25, 0.3) is 5.56 Å². The highest BCUT2D eigenvalue weighted by molar-refractivity contribution is 7.13. The van der Waals surface area contributed by atoms with Crippen molar-refractivity contribution >= 4 is 16.5 Å². The summed E-state index contributed by atoms with van der Waals surface area (Å²) in [4.78, 5) is 17.1. The van der Waals surface area contributed by atoms with Gasteiger partial charge >= 0.3 is 0 Å². The van der Waals surface area contributed by atoms with Crippen LogP contribution in [0.2, 0.25) is 0 Å². The van der Waals surface area contributed by atoms with Crippen LogP contribution in [-0.2, 0) is 5.41 Å². The lowest BCUT2D eigenvalue weighted by Crippen LogP contribution is -2.30. The minimum Gasteiger partial charge on any atom is -0.375 e. The predicted molar refractivity (Wildman–Crippen MR) is 83.2 cm³/mol. The molecule has 2 aromatic heterocycles. The lowest BCUT2D eigenvalue weighted by atomic mass is 9.90. The minimum absolute atomic E-state index is 0.0403. The minimum atomic E-state index is -0.0403. The monoisotopic (exact) mass is 289 g/mol. The van der Waals surface area contributed by atoms with Crippen LogP contribution < -0.4 is 11.3 Å². The summed E-state index contributed by atoms with van der Waals surface area (Å²) in [6, 6.07) is 4.30. The van der Waals surface area contributed by atoms with Crippen LogP contribution in [0.25, 0.3) is 11.3 Å². The number of aromatic nitrogens is 2. The summed E-state index contributed by atoms with van der Waals surface area (Å²) in [5.41, 5.74) is 8.13. The molecule has 0 radical (unpaired) electrons. The molecule has 1 aliphatic carbocycles. The van der Waals surface area contributed by atoms with E-state index in [1.54, 1.807) is 0 Å². The molecule has 2 aromatic rings. The van der Waals surface area contributed by atoms with Crippen molar-refractivity contribution in [2.75, 3.05) is 5.73 Å². The van der Waals surface area contributed by atoms with Gasteiger partial charge < -0.3 is 10.3 Å². The number of hydrogen-bond donors (Lipinski definition) is 1. The van der Waals surface area contributed by atoms with E-state index in [4.69, 9.17) is 5.73 Å². The van der Waals surface area contributed by atoms with Gasteiger partial charge in [-0.1, -0.05) is 20.8 Å². The molecule has 3 rings (SSSR count). The summed E-state index contributed by atoms with van der Waals surface area (Å²) in [6.07, 6.45) is 2.18. The van der Waals surface area contributed by atoms with Crippen LogP contribution >= 0.6 is 11.3 Å². The van der Waals surface area contributed by atoms with Gasteiger partial charge in [0.2, 0.25) is 0 Å². The Balaban J connectivity index is 2.20. The van der Waals surface area contributed by atoms with Crippen molar-refractivity contribution < 1.29 is 0 Å². The van der Waals surface area contributed by atoms with E-state index in [2.05, 4.69) is 31.8 Å². The number of nitrogens with zero attached hydrogens (tertiary/aromatic N) is 2. The number of thiazole rings is 1. The van der Waals surface area contributed by atoms with Gasteiger partial charge in [0.05, 0.1) is 11.3 Å². The van der Waals surface area contributed by atoms with Crippen LogP contribution in [0.5, 0.6) is 0 Å². The molecule has 2 N–H and O–H groups in total. The molecule has 2 heterocycles. The van der Waals surface area contributed by atoms with Crippen molar-refractivity contribution in [3.05, 3.63) is 33.6 Å². The number of nitrogen functional groups attached to an aromatic ring is 1. The van der Waals surface area contributed by atoms with E-state index in [1.807, 2.05) is 16.0 Å². The SMILES string of the molecule is CC(C)(C)c1ccc(-c2csc(N)n2)c(=O)n1C1CC1. The first kappa shape index (κ1) is 13.4. The molecular weight excluding hydrogens is 270 g/mol. The summed E-state index contributed by atoms with van der Waals surface area (Å²) in [6.45, 7) is 6.42. The molecule has 0 aliphatic heterocycles. The second-order valence-corrected chi connectivity index (χ2v) is 7.25. The van der Waals surface area contributed by atoms with Crippen molar-refractivity contribution in [2.24, 2.45) is 0 Å². The van der Waals surface area contributed by atoms with E-state index in [1.165, 1.54) is 11.3 Å². The van der Waals surface area contributed by atoms with E-state index in [0.717, 1.165) is 18.5 Å². The number of rotatable bonds is 2. The first-order chi connectivity index (χ1) is 9.38. The Morgan fingerprint density at radius 3 is 2.55 bits per heavy atom. The quantitative estimate of drug-likeness (QED) is 0.923. The molecule has 0 amide bonds. The van der Waals surface area contributed by atoms with Crippen LogP contribution in [0, 0.1) is 0 Å². The van der Waals surface area contributed by atoms with E-state index in [-0.39, 0.29) is 11.0 Å². The van der Waals surface area contributed by atoms with Crippen LogP contribution in [-0.4, -0.2) is 9.55 Å². The Kier molecular flexibility index (Phi) is 2.97. The molecule has 4 nitrogen and oxygen atoms in total. The third-order valence-electron chi connectivity index (χ3n) is 3.59. The predicted octanol–water partition coefficient (Wildman–Crippen LogP) is 3.19. The van der Waals surface area contributed by atoms with E-state index < -0.39 is 0 Å². The fraction of sp³-hybridized carbons (Fsp3) is 0.467. The third kappa shape index (κ3) is 2.26. The van der Waals surface area contributed by atoms with Gasteiger partial charge in [0, 0.05) is 22.5 Å². The van der Waals surface area contributed by atoms with Crippen molar-refractivity contribution in [1.29, 1.82) is 0 Å². The first-order valence-corrected chi connectivity index (χ1v) is 7.73. The molecule has 0 spiro atoms. The molecule has 0 saturated heterocycles. The van der Waals surface area contributed by atoms with Crippen molar-refractivity contribution in [3.8, 4) is 11.3 Å². The van der Waals surface area contributed by atoms with Crippen LogP contribution in [0.1, 0.15) is 45.3 Å². The maximum atomic E-state index is 12.8. The smallest absolute Gasteiger partial charge is 0.260 e. The first-order valence-electron chi connectivity index (χ1n) is 6.85. The molecule has 5 heteroatoms. The zero-order valence-electron chi connectivity index (χ0n) is 12.0. The average molecular weight is 289 g/mol. The number of pyridine rings is 1. The molecule has 0 aromatic carbocycles. The van der Waals surface area contributed by atoms with Crippen LogP contribution in [0.3, 0.4) is 0 Å². The summed E-state index contributed by atoms with van der Waals surface area (Å²) in [5.74, 6) is 0. The standard InChI is InChI=1S/C15H19N3OS/c1-15(2,3)12-7-6-10(11-8-20-14(16)17-11)13(19)18(12)9-4-5-9/h6-9H,4-5H2,1-3H3,(H2,16,17). The van der Waals surface area contributed by atoms with E-state index in [9.17, 15) is 4.79 Å². The number of hydrogen-bond acceptors (Lipinski definition) is 4. The van der Waals surface area contributed by atoms with Gasteiger partial charge in [-0.2, -0.15) is 0 Å². The maximum Gasteiger partial charge on any atom is 0.260 e. The lowest BCUT2D eigenvalue weighted by molar-refractivity contribution is 0.506. The molecule has 106 valence electrons. The Bertz CT molecular complexity index is 705. The van der Waals surface area contributed by atoms with Crippen LogP contribution in [0.15, 0.2) is 22.3 Å². The third-order valence-corrected chi connectivity index (χ3v) is 4.27. The van der Waals surface area contributed by atoms with E-state index in [0.29, 0.717) is 22.4 Å². The molecule has 0 unspecified atom stereocenters. The van der Waals surface area contributed by atoms with Crippen molar-refractivity contribution in [2.45, 2.75) is 45.1 Å². The summed E-state index contributed by atoms with van der Waals surface area (Å²) in [7, 11) is 0. The second kappa shape index (κ2) is 4.45. The highest BCUT2D eigenvalue weighted by Crippen LogP contribution is 2.38. The van der Waals surface area contributed by atoms with Crippen molar-refractivity contribution in [3.63, 3.8) is 0 Å². The maximum absolute atomic E-state index is 12.8. The summed E-state index contributed by atoms with van der Waals surface area (Å²) < 4.78 is 1.96. The van der Waals surface area contributed by atoms with E-state index >= 15 is 0 Å². The van der Waals surface area contributed by atoms with Gasteiger partial charge in [0.15, 0.2) is 5.13 Å². The summed E-state index contributed by atoms with van der Waals surface area (Å²) >= 11 is 1.37. The molecular formula is C15H19N3OS. The lowest BCUT2D eigenvalue weighted by Gasteiger charge is -2.24. The second-order valence-electron chi connectivity index (χ2n) is 6.36. The Hall–Kier alpha value is -1.62. The van der Waals surface area contributed by atoms with Gasteiger partial charge in [-0.25, -0.2) is 4.98 Å². The van der Waals surface area contributed by atoms with Gasteiger partial charge in [-0.05, 0) is 25.0 Å². The largest absolute Gasteiger partial charge is 0.375 e. The molecule has 0 atom stereocenters. The molecule has 1 aliphatic rings. The summed E-state index contributed by atoms with van der Waals surface area (Å²) in [5, 5.41) is 2.34. The highest BCUT2D eigenvalue weighted by atomic mass is 32.1. The normalized spacial score (nSPS) is 15.6. The highest BCUT2D eigenvalue weighted by Gasteiger charge is 2.31. The zero-order chi connectivity index (χ0) is 14.5. The molecule has 0 bridgehead atoms. The molecule has 20 heavy (non-hydrogen) atoms. The Morgan fingerprint density at radius 1 is 1.35 bits per heavy atom. The van der Waals surface area contributed by atoms with Crippen molar-refractivity contribution in [1.82, 2.24) is 9.55 Å². The zero-order valence-corrected chi connectivity index (χ0v) is 12.8. The van der Waals surface area contributed by atoms with Crippen LogP contribution in [0.4, 0.5) is 5.13 Å². The molecule has 1 saturated carbocycles.